The molecule has 1 fully saturated rings. The molecule has 2 N–H and O–H groups in total. The van der Waals surface area contributed by atoms with E-state index in [9.17, 15) is 23.2 Å². The molecule has 1 aromatic carbocycles. The third kappa shape index (κ3) is 7.92. The molecule has 10 nitrogen and oxygen atoms in total. The Balaban J connectivity index is 0.000000591. The van der Waals surface area contributed by atoms with Gasteiger partial charge in [0.15, 0.2) is 11.3 Å². The molecule has 1 aliphatic carbocycles. The number of nitrogens with zero attached hydrogens (tertiary/aromatic N) is 6. The Morgan fingerprint density at radius 1 is 1.24 bits per heavy atom. The van der Waals surface area contributed by atoms with Crippen LogP contribution in [-0.4, -0.2) is 71.6 Å². The number of rotatable bonds is 7. The van der Waals surface area contributed by atoms with Gasteiger partial charge in [0.1, 0.15) is 11.6 Å². The van der Waals surface area contributed by atoms with Gasteiger partial charge in [-0.2, -0.15) is 23.5 Å². The van der Waals surface area contributed by atoms with Crippen LogP contribution in [0.4, 0.5) is 13.2 Å². The fourth-order valence-corrected chi connectivity index (χ4v) is 6.57. The largest absolute Gasteiger partial charge is 0.490 e. The first-order valence-corrected chi connectivity index (χ1v) is 15.0. The van der Waals surface area contributed by atoms with Gasteiger partial charge in [0.25, 0.3) is 0 Å². The molecule has 15 heteroatoms. The van der Waals surface area contributed by atoms with E-state index in [0.29, 0.717) is 45.6 Å². The maximum Gasteiger partial charge on any atom is 0.490 e. The second kappa shape index (κ2) is 14.1. The average molecular weight is 668 g/mol. The Morgan fingerprint density at radius 3 is 2.56 bits per heavy atom. The van der Waals surface area contributed by atoms with Gasteiger partial charge in [0, 0.05) is 28.5 Å². The van der Waals surface area contributed by atoms with E-state index in [2.05, 4.69) is 34.1 Å². The number of carbonyl (C=O) groups is 2. The fraction of sp³-hybridized carbons (Fsp3) is 0.467. The number of nitriles is 1. The summed E-state index contributed by atoms with van der Waals surface area (Å²) in [5.74, 6) is -3.09. The van der Waals surface area contributed by atoms with Crippen molar-refractivity contribution < 1.29 is 33.0 Å². The molecule has 2 unspecified atom stereocenters. The zero-order valence-corrected chi connectivity index (χ0v) is 25.9. The number of alkyl halides is 3. The van der Waals surface area contributed by atoms with Gasteiger partial charge >= 0.3 is 18.1 Å². The van der Waals surface area contributed by atoms with Crippen molar-refractivity contribution >= 4 is 51.9 Å². The predicted molar refractivity (Wildman–Crippen MR) is 161 cm³/mol. The number of aliphatic carboxylic acids is 2. The molecule has 0 spiro atoms. The molecule has 0 radical (unpaired) electrons. The molecule has 1 aliphatic heterocycles. The van der Waals surface area contributed by atoms with Crippen molar-refractivity contribution in [3.05, 3.63) is 57.5 Å². The van der Waals surface area contributed by atoms with Crippen LogP contribution in [0.3, 0.4) is 0 Å². The highest BCUT2D eigenvalue weighted by Gasteiger charge is 2.38. The fourth-order valence-electron chi connectivity index (χ4n) is 6.01. The molecule has 2 aliphatic rings. The van der Waals surface area contributed by atoms with Crippen LogP contribution in [0.1, 0.15) is 75.4 Å². The number of halogens is 5. The lowest BCUT2D eigenvalue weighted by molar-refractivity contribution is -0.192. The highest BCUT2D eigenvalue weighted by molar-refractivity contribution is 6.35. The zero-order chi connectivity index (χ0) is 33.1. The van der Waals surface area contributed by atoms with Crippen LogP contribution in [0.25, 0.3) is 16.7 Å². The molecule has 0 amide bonds. The monoisotopic (exact) mass is 666 g/mol. The molecule has 45 heavy (non-hydrogen) atoms. The van der Waals surface area contributed by atoms with E-state index in [4.69, 9.17) is 43.2 Å². The van der Waals surface area contributed by atoms with Crippen LogP contribution < -0.4 is 0 Å². The molecule has 240 valence electrons. The second-order valence-corrected chi connectivity index (χ2v) is 12.0. The summed E-state index contributed by atoms with van der Waals surface area (Å²) >= 11 is 12.6. The van der Waals surface area contributed by atoms with E-state index in [0.717, 1.165) is 49.1 Å². The first-order valence-electron chi connectivity index (χ1n) is 14.3. The predicted octanol–water partition coefficient (Wildman–Crippen LogP) is 6.76. The second-order valence-electron chi connectivity index (χ2n) is 11.2. The summed E-state index contributed by atoms with van der Waals surface area (Å²) < 4.78 is 33.5. The summed E-state index contributed by atoms with van der Waals surface area (Å²) in [6.07, 6.45) is 3.75. The van der Waals surface area contributed by atoms with Crippen molar-refractivity contribution in [3.63, 3.8) is 0 Å². The van der Waals surface area contributed by atoms with Gasteiger partial charge in [-0.25, -0.2) is 19.4 Å². The average Bonchev–Trinajstić information content (AvgIpc) is 3.59. The van der Waals surface area contributed by atoms with Crippen molar-refractivity contribution in [2.45, 2.75) is 76.7 Å². The maximum atomic E-state index is 11.1. The number of likely N-dealkylation sites (tertiary alicyclic amines) is 1. The summed E-state index contributed by atoms with van der Waals surface area (Å²) in [4.78, 5) is 32.1. The van der Waals surface area contributed by atoms with Gasteiger partial charge in [0.05, 0.1) is 17.9 Å². The van der Waals surface area contributed by atoms with Gasteiger partial charge in [0.2, 0.25) is 0 Å². The van der Waals surface area contributed by atoms with Crippen LogP contribution in [0.5, 0.6) is 0 Å². The maximum absolute atomic E-state index is 11.1. The van der Waals surface area contributed by atoms with Gasteiger partial charge < -0.3 is 10.2 Å². The number of allylic oxidation sites excluding steroid dienone is 1. The van der Waals surface area contributed by atoms with Gasteiger partial charge in [-0.3, -0.25) is 9.69 Å². The lowest BCUT2D eigenvalue weighted by Gasteiger charge is -2.39. The first-order chi connectivity index (χ1) is 21.2. The van der Waals surface area contributed by atoms with Crippen molar-refractivity contribution in [2.24, 2.45) is 5.92 Å². The van der Waals surface area contributed by atoms with Crippen molar-refractivity contribution in [2.75, 3.05) is 6.54 Å². The lowest BCUT2D eigenvalue weighted by atomic mass is 9.83. The number of hydrogen-bond acceptors (Lipinski definition) is 7. The Hall–Kier alpha value is -3.73. The first kappa shape index (κ1) is 34.1. The molecule has 3 aromatic rings. The van der Waals surface area contributed by atoms with Crippen LogP contribution in [0.15, 0.2) is 30.5 Å². The highest BCUT2D eigenvalue weighted by Crippen LogP contribution is 2.37. The summed E-state index contributed by atoms with van der Waals surface area (Å²) in [5, 5.41) is 31.5. The molecule has 0 bridgehead atoms. The molecule has 3 heterocycles. The molecule has 5 rings (SSSR count). The lowest BCUT2D eigenvalue weighted by Crippen LogP contribution is -2.44. The molecular formula is C30H31Cl2F3N6O4. The Bertz CT molecular complexity index is 1650. The van der Waals surface area contributed by atoms with Crippen molar-refractivity contribution in [3.8, 4) is 6.07 Å². The minimum absolute atomic E-state index is 0.219. The minimum Gasteiger partial charge on any atom is -0.481 e. The van der Waals surface area contributed by atoms with Crippen molar-refractivity contribution in [1.82, 2.24) is 24.6 Å². The number of carboxylic acids is 2. The van der Waals surface area contributed by atoms with Gasteiger partial charge in [-0.1, -0.05) is 42.3 Å². The van der Waals surface area contributed by atoms with Gasteiger partial charge in [-0.15, -0.1) is 0 Å². The quantitative estimate of drug-likeness (QED) is 0.279. The van der Waals surface area contributed by atoms with Crippen molar-refractivity contribution in [1.29, 1.82) is 5.26 Å². The van der Waals surface area contributed by atoms with E-state index in [-0.39, 0.29) is 18.2 Å². The smallest absolute Gasteiger partial charge is 0.481 e. The standard InChI is InChI=1S/C28H30Cl2N6O2.C2HF3O2/c1-16-12-18(5-9-25(16)35-11-3-4-20(35)7-10-26(37)38)24-15-32-27-23(14-31)34-36(28(27)33-24)17(2)21-8-6-19(29)13-22(21)30;3-2(4,5)1(6)7/h5-6,8,13,15-17,20,25H,3-4,7,9-12H2,1-2H3,(H,37,38);(H,6,7)/t16?,17-,20+,25?;/m1./s1. The summed E-state index contributed by atoms with van der Waals surface area (Å²) in [6.45, 7) is 5.24. The van der Waals surface area contributed by atoms with Crippen LogP contribution >= 0.6 is 23.2 Å². The number of aromatic nitrogens is 4. The Labute approximate surface area is 267 Å². The third-order valence-electron chi connectivity index (χ3n) is 8.20. The molecule has 4 atom stereocenters. The summed E-state index contributed by atoms with van der Waals surface area (Å²) in [5.41, 5.74) is 3.98. The number of carboxylic acid groups (broad SMARTS) is 2. The minimum atomic E-state index is -5.08. The zero-order valence-electron chi connectivity index (χ0n) is 24.4. The molecular weight excluding hydrogens is 636 g/mol. The van der Waals surface area contributed by atoms with Crippen LogP contribution in [-0.2, 0) is 9.59 Å². The number of benzene rings is 1. The molecule has 1 saturated heterocycles. The topological polar surface area (TPSA) is 145 Å². The van der Waals surface area contributed by atoms with E-state index in [1.54, 1.807) is 23.0 Å². The number of fused-ring (bicyclic) bond motifs is 1. The number of hydrogen-bond donors (Lipinski definition) is 2. The van der Waals surface area contributed by atoms with Gasteiger partial charge in [-0.05, 0) is 74.8 Å². The normalized spacial score (nSPS) is 21.0. The Kier molecular flexibility index (Phi) is 10.7. The Morgan fingerprint density at radius 2 is 1.96 bits per heavy atom. The van der Waals surface area contributed by atoms with E-state index < -0.39 is 18.1 Å². The molecule has 2 aromatic heterocycles. The van der Waals surface area contributed by atoms with E-state index >= 15 is 0 Å². The molecule has 0 saturated carbocycles. The highest BCUT2D eigenvalue weighted by atomic mass is 35.5. The summed E-state index contributed by atoms with van der Waals surface area (Å²) in [6, 6.07) is 7.92. The SMILES string of the molecule is CC1CC(c2cnc3c(C#N)nn([C@H](C)c4ccc(Cl)cc4Cl)c3n2)=CCC1N1CCC[C@H]1CCC(=O)O.O=C(O)C(F)(F)F. The van der Waals surface area contributed by atoms with Crippen LogP contribution in [0, 0.1) is 17.2 Å². The van der Waals surface area contributed by atoms with Crippen LogP contribution in [0.2, 0.25) is 10.0 Å². The summed E-state index contributed by atoms with van der Waals surface area (Å²) in [7, 11) is 0. The third-order valence-corrected chi connectivity index (χ3v) is 8.77. The van der Waals surface area contributed by atoms with E-state index in [1.165, 1.54) is 0 Å². The van der Waals surface area contributed by atoms with E-state index in [1.807, 2.05) is 13.0 Å².